The van der Waals surface area contributed by atoms with Crippen molar-refractivity contribution in [2.45, 2.75) is 0 Å². The Labute approximate surface area is 146 Å². The summed E-state index contributed by atoms with van der Waals surface area (Å²) in [5.41, 5.74) is 1.19. The molecule has 2 heterocycles. The van der Waals surface area contributed by atoms with Crippen LogP contribution in [0.3, 0.4) is 0 Å². The van der Waals surface area contributed by atoms with Gasteiger partial charge in [0.15, 0.2) is 0 Å². The Hall–Kier alpha value is -2.99. The van der Waals surface area contributed by atoms with Gasteiger partial charge in [-0.1, -0.05) is 12.1 Å². The van der Waals surface area contributed by atoms with Crippen LogP contribution in [0, 0.1) is 5.82 Å². The summed E-state index contributed by atoms with van der Waals surface area (Å²) in [7, 11) is 1.57. The zero-order valence-electron chi connectivity index (χ0n) is 13.2. The number of fused-ring (bicyclic) bond motifs is 1. The fourth-order valence-electron chi connectivity index (χ4n) is 2.56. The SMILES string of the molecule is COc1ccc2oc(=O)c(-c3csc(-c4ccccc4F)n3)cc2c1. The highest BCUT2D eigenvalue weighted by molar-refractivity contribution is 7.13. The van der Waals surface area contributed by atoms with E-state index in [0.29, 0.717) is 33.2 Å². The van der Waals surface area contributed by atoms with Gasteiger partial charge in [-0.3, -0.25) is 0 Å². The third-order valence-corrected chi connectivity index (χ3v) is 4.70. The average molecular weight is 353 g/mol. The van der Waals surface area contributed by atoms with Crippen molar-refractivity contribution in [2.75, 3.05) is 7.11 Å². The molecule has 0 unspecified atom stereocenters. The van der Waals surface area contributed by atoms with Gasteiger partial charge in [0.05, 0.1) is 18.4 Å². The fourth-order valence-corrected chi connectivity index (χ4v) is 3.41. The van der Waals surface area contributed by atoms with Gasteiger partial charge < -0.3 is 9.15 Å². The van der Waals surface area contributed by atoms with E-state index < -0.39 is 5.63 Å². The first-order valence-corrected chi connectivity index (χ1v) is 8.36. The third-order valence-electron chi connectivity index (χ3n) is 3.82. The maximum Gasteiger partial charge on any atom is 0.345 e. The van der Waals surface area contributed by atoms with Crippen LogP contribution in [0.5, 0.6) is 5.75 Å². The van der Waals surface area contributed by atoms with Crippen LogP contribution in [-0.2, 0) is 0 Å². The summed E-state index contributed by atoms with van der Waals surface area (Å²) >= 11 is 1.28. The first-order chi connectivity index (χ1) is 12.2. The zero-order valence-corrected chi connectivity index (χ0v) is 14.0. The molecule has 0 saturated carbocycles. The second-order valence-corrected chi connectivity index (χ2v) is 6.23. The molecule has 0 fully saturated rings. The molecule has 0 radical (unpaired) electrons. The molecule has 0 atom stereocenters. The molecule has 0 saturated heterocycles. The van der Waals surface area contributed by atoms with Crippen LogP contribution >= 0.6 is 11.3 Å². The molecular formula is C19H12FNO3S. The number of methoxy groups -OCH3 is 1. The van der Waals surface area contributed by atoms with Gasteiger partial charge in [0.1, 0.15) is 22.2 Å². The summed E-state index contributed by atoms with van der Waals surface area (Å²) in [5, 5.41) is 2.97. The van der Waals surface area contributed by atoms with Gasteiger partial charge in [0.25, 0.3) is 0 Å². The van der Waals surface area contributed by atoms with Crippen molar-refractivity contribution in [3.8, 4) is 27.6 Å². The molecule has 4 aromatic rings. The molecule has 124 valence electrons. The first-order valence-electron chi connectivity index (χ1n) is 7.48. The largest absolute Gasteiger partial charge is 0.497 e. The average Bonchev–Trinajstić information content (AvgIpc) is 3.10. The third kappa shape index (κ3) is 2.81. The van der Waals surface area contributed by atoms with E-state index in [-0.39, 0.29) is 5.82 Å². The molecule has 2 aromatic carbocycles. The van der Waals surface area contributed by atoms with Crippen LogP contribution in [0.15, 0.2) is 63.1 Å². The Bertz CT molecular complexity index is 1130. The standard InChI is InChI=1S/C19H12FNO3S/c1-23-12-6-7-17-11(8-12)9-14(19(22)24-17)16-10-25-18(21-16)13-4-2-3-5-15(13)20/h2-10H,1H3. The van der Waals surface area contributed by atoms with Crippen molar-refractivity contribution in [1.82, 2.24) is 4.98 Å². The molecule has 4 rings (SSSR count). The number of nitrogens with zero attached hydrogens (tertiary/aromatic N) is 1. The molecule has 0 amide bonds. The topological polar surface area (TPSA) is 52.3 Å². The van der Waals surface area contributed by atoms with Crippen LogP contribution in [0.2, 0.25) is 0 Å². The Morgan fingerprint density at radius 3 is 2.76 bits per heavy atom. The van der Waals surface area contributed by atoms with E-state index in [1.807, 2.05) is 0 Å². The number of aromatic nitrogens is 1. The molecular weight excluding hydrogens is 341 g/mol. The Balaban J connectivity index is 1.83. The van der Waals surface area contributed by atoms with Crippen LogP contribution in [0.1, 0.15) is 0 Å². The van der Waals surface area contributed by atoms with Gasteiger partial charge in [0.2, 0.25) is 0 Å². The van der Waals surface area contributed by atoms with Gasteiger partial charge in [-0.15, -0.1) is 11.3 Å². The molecule has 0 aliphatic rings. The van der Waals surface area contributed by atoms with Crippen LogP contribution in [-0.4, -0.2) is 12.1 Å². The maximum absolute atomic E-state index is 13.9. The molecule has 4 nitrogen and oxygen atoms in total. The van der Waals surface area contributed by atoms with Gasteiger partial charge in [-0.2, -0.15) is 0 Å². The molecule has 0 aliphatic carbocycles. The second kappa shape index (κ2) is 6.14. The van der Waals surface area contributed by atoms with Crippen molar-refractivity contribution in [2.24, 2.45) is 0 Å². The van der Waals surface area contributed by atoms with E-state index in [1.165, 1.54) is 17.4 Å². The van der Waals surface area contributed by atoms with Gasteiger partial charge >= 0.3 is 5.63 Å². The summed E-state index contributed by atoms with van der Waals surface area (Å²) in [6, 6.07) is 13.3. The minimum Gasteiger partial charge on any atom is -0.497 e. The molecule has 0 N–H and O–H groups in total. The van der Waals surface area contributed by atoms with E-state index in [1.54, 1.807) is 55.0 Å². The molecule has 0 spiro atoms. The molecule has 6 heteroatoms. The monoisotopic (exact) mass is 353 g/mol. The smallest absolute Gasteiger partial charge is 0.345 e. The van der Waals surface area contributed by atoms with Gasteiger partial charge in [-0.05, 0) is 36.4 Å². The quantitative estimate of drug-likeness (QED) is 0.500. The highest BCUT2D eigenvalue weighted by atomic mass is 32.1. The van der Waals surface area contributed by atoms with E-state index in [2.05, 4.69) is 4.98 Å². The van der Waals surface area contributed by atoms with Crippen LogP contribution in [0.4, 0.5) is 4.39 Å². The number of thiazole rings is 1. The lowest BCUT2D eigenvalue weighted by Gasteiger charge is -2.03. The van der Waals surface area contributed by atoms with Crippen LogP contribution < -0.4 is 10.4 Å². The van der Waals surface area contributed by atoms with Gasteiger partial charge in [0, 0.05) is 16.3 Å². The first kappa shape index (κ1) is 15.5. The van der Waals surface area contributed by atoms with Crippen molar-refractivity contribution in [3.05, 3.63) is 70.1 Å². The second-order valence-electron chi connectivity index (χ2n) is 5.37. The minimum atomic E-state index is -0.483. The van der Waals surface area contributed by atoms with E-state index in [9.17, 15) is 9.18 Å². The van der Waals surface area contributed by atoms with Crippen molar-refractivity contribution >= 4 is 22.3 Å². The highest BCUT2D eigenvalue weighted by Crippen LogP contribution is 2.30. The number of rotatable bonds is 3. The highest BCUT2D eigenvalue weighted by Gasteiger charge is 2.14. The number of hydrogen-bond donors (Lipinski definition) is 0. The lowest BCUT2D eigenvalue weighted by Crippen LogP contribution is -2.03. The normalized spacial score (nSPS) is 11.0. The Morgan fingerprint density at radius 1 is 1.12 bits per heavy atom. The maximum atomic E-state index is 13.9. The minimum absolute atomic E-state index is 0.333. The predicted molar refractivity (Wildman–Crippen MR) is 95.5 cm³/mol. The summed E-state index contributed by atoms with van der Waals surface area (Å²) in [6.45, 7) is 0. The molecule has 25 heavy (non-hydrogen) atoms. The van der Waals surface area contributed by atoms with Crippen LogP contribution in [0.25, 0.3) is 32.8 Å². The Morgan fingerprint density at radius 2 is 1.96 bits per heavy atom. The number of halogens is 1. The fraction of sp³-hybridized carbons (Fsp3) is 0.0526. The van der Waals surface area contributed by atoms with E-state index >= 15 is 0 Å². The van der Waals surface area contributed by atoms with Crippen molar-refractivity contribution in [3.63, 3.8) is 0 Å². The Kier molecular flexibility index (Phi) is 3.82. The number of ether oxygens (including phenoxy) is 1. The number of hydrogen-bond acceptors (Lipinski definition) is 5. The lowest BCUT2D eigenvalue weighted by atomic mass is 10.1. The van der Waals surface area contributed by atoms with Crippen molar-refractivity contribution in [1.29, 1.82) is 0 Å². The summed E-state index contributed by atoms with van der Waals surface area (Å²) in [4.78, 5) is 16.7. The summed E-state index contributed by atoms with van der Waals surface area (Å²) in [6.07, 6.45) is 0. The van der Waals surface area contributed by atoms with Crippen molar-refractivity contribution < 1.29 is 13.5 Å². The van der Waals surface area contributed by atoms with Gasteiger partial charge in [-0.25, -0.2) is 14.2 Å². The molecule has 0 aliphatic heterocycles. The molecule has 0 bridgehead atoms. The zero-order chi connectivity index (χ0) is 17.4. The predicted octanol–water partition coefficient (Wildman–Crippen LogP) is 4.73. The molecule has 2 aromatic heterocycles. The summed E-state index contributed by atoms with van der Waals surface area (Å²) in [5.74, 6) is 0.316. The summed E-state index contributed by atoms with van der Waals surface area (Å²) < 4.78 is 24.5. The lowest BCUT2D eigenvalue weighted by molar-refractivity contribution is 0.415. The van der Waals surface area contributed by atoms with E-state index in [4.69, 9.17) is 9.15 Å². The number of benzene rings is 2. The van der Waals surface area contributed by atoms with E-state index in [0.717, 1.165) is 5.39 Å².